The van der Waals surface area contributed by atoms with E-state index >= 15 is 0 Å². The highest BCUT2D eigenvalue weighted by Gasteiger charge is 2.19. The third-order valence-electron chi connectivity index (χ3n) is 7.08. The monoisotopic (exact) mass is 477 g/mol. The van der Waals surface area contributed by atoms with Crippen LogP contribution in [0.4, 0.5) is 0 Å². The number of hydrogen-bond acceptors (Lipinski definition) is 3. The van der Waals surface area contributed by atoms with E-state index < -0.39 is 0 Å². The first kappa shape index (κ1) is 19.7. The van der Waals surface area contributed by atoms with Gasteiger partial charge < -0.3 is 0 Å². The zero-order valence-corrected chi connectivity index (χ0v) is 20.0. The zero-order chi connectivity index (χ0) is 23.6. The molecule has 8 aromatic rings. The van der Waals surface area contributed by atoms with E-state index in [0.29, 0.717) is 0 Å². The Morgan fingerprint density at radius 3 is 1.78 bits per heavy atom. The minimum absolute atomic E-state index is 0.859. The van der Waals surface area contributed by atoms with Crippen molar-refractivity contribution in [2.75, 3.05) is 0 Å². The normalized spacial score (nSPS) is 11.9. The lowest BCUT2D eigenvalue weighted by Crippen LogP contribution is -2.02. The van der Waals surface area contributed by atoms with Crippen LogP contribution >= 0.6 is 11.3 Å². The minimum Gasteiger partial charge on any atom is -0.292 e. The highest BCUT2D eigenvalue weighted by molar-refractivity contribution is 7.22. The standard InChI is InChI=1S/C32H19N3S/c1-2-10-21-18-26-25(17-20(21)9-1)31(30-19-22-11-3-8-16-29(22)36-30)33-34-32(26)35-27-14-6-4-12-23(27)24-13-5-7-15-28(24)35/h1-19H. The van der Waals surface area contributed by atoms with E-state index in [0.717, 1.165) is 38.2 Å². The number of benzene rings is 5. The van der Waals surface area contributed by atoms with Gasteiger partial charge in [-0.1, -0.05) is 78.9 Å². The van der Waals surface area contributed by atoms with Crippen molar-refractivity contribution in [2.24, 2.45) is 0 Å². The van der Waals surface area contributed by atoms with E-state index in [1.54, 1.807) is 11.3 Å². The highest BCUT2D eigenvalue weighted by atomic mass is 32.1. The van der Waals surface area contributed by atoms with Crippen molar-refractivity contribution in [2.45, 2.75) is 0 Å². The summed E-state index contributed by atoms with van der Waals surface area (Å²) < 4.78 is 3.53. The molecule has 0 aliphatic heterocycles. The van der Waals surface area contributed by atoms with Gasteiger partial charge >= 0.3 is 0 Å². The maximum atomic E-state index is 4.92. The number of fused-ring (bicyclic) bond motifs is 6. The number of rotatable bonds is 2. The second kappa shape index (κ2) is 7.48. The van der Waals surface area contributed by atoms with Crippen molar-refractivity contribution < 1.29 is 0 Å². The fourth-order valence-electron chi connectivity index (χ4n) is 5.42. The van der Waals surface area contributed by atoms with E-state index in [2.05, 4.69) is 120 Å². The molecule has 0 fully saturated rings. The van der Waals surface area contributed by atoms with Crippen LogP contribution in [0.5, 0.6) is 0 Å². The fourth-order valence-corrected chi connectivity index (χ4v) is 6.48. The van der Waals surface area contributed by atoms with E-state index in [9.17, 15) is 0 Å². The molecule has 168 valence electrons. The van der Waals surface area contributed by atoms with E-state index in [-0.39, 0.29) is 0 Å². The molecule has 0 spiro atoms. The molecular formula is C32H19N3S. The van der Waals surface area contributed by atoms with Gasteiger partial charge in [-0.3, -0.25) is 4.57 Å². The first-order chi connectivity index (χ1) is 17.8. The smallest absolute Gasteiger partial charge is 0.168 e. The molecule has 3 nitrogen and oxygen atoms in total. The average molecular weight is 478 g/mol. The van der Waals surface area contributed by atoms with Crippen LogP contribution < -0.4 is 0 Å². The summed E-state index contributed by atoms with van der Waals surface area (Å²) in [4.78, 5) is 1.14. The van der Waals surface area contributed by atoms with Crippen molar-refractivity contribution in [3.63, 3.8) is 0 Å². The summed E-state index contributed by atoms with van der Waals surface area (Å²) in [5.74, 6) is 0.859. The van der Waals surface area contributed by atoms with Crippen molar-refractivity contribution in [3.8, 4) is 16.4 Å². The number of aromatic nitrogens is 3. The molecule has 4 heteroatoms. The van der Waals surface area contributed by atoms with Gasteiger partial charge in [-0.2, -0.15) is 0 Å². The Morgan fingerprint density at radius 2 is 1.08 bits per heavy atom. The molecule has 36 heavy (non-hydrogen) atoms. The van der Waals surface area contributed by atoms with Crippen LogP contribution in [0.2, 0.25) is 0 Å². The summed E-state index contributed by atoms with van der Waals surface area (Å²) in [6.07, 6.45) is 0. The molecule has 0 aliphatic carbocycles. The van der Waals surface area contributed by atoms with Crippen LogP contribution in [0, 0.1) is 0 Å². The lowest BCUT2D eigenvalue weighted by Gasteiger charge is -2.13. The van der Waals surface area contributed by atoms with Crippen LogP contribution in [0.1, 0.15) is 0 Å². The predicted octanol–water partition coefficient (Wildman–Crippen LogP) is 8.76. The van der Waals surface area contributed by atoms with Gasteiger partial charge in [0.1, 0.15) is 5.69 Å². The molecule has 0 bridgehead atoms. The maximum absolute atomic E-state index is 4.92. The molecule has 0 atom stereocenters. The molecule has 0 amide bonds. The second-order valence-corrected chi connectivity index (χ2v) is 10.2. The van der Waals surface area contributed by atoms with Crippen molar-refractivity contribution in [3.05, 3.63) is 115 Å². The van der Waals surface area contributed by atoms with Gasteiger partial charge in [0.15, 0.2) is 5.82 Å². The molecule has 5 aromatic carbocycles. The quantitative estimate of drug-likeness (QED) is 0.233. The molecular weight excluding hydrogens is 458 g/mol. The molecule has 0 aliphatic rings. The largest absolute Gasteiger partial charge is 0.292 e. The Balaban J connectivity index is 1.52. The summed E-state index contributed by atoms with van der Waals surface area (Å²) in [7, 11) is 0. The molecule has 3 aromatic heterocycles. The first-order valence-corrected chi connectivity index (χ1v) is 12.8. The van der Waals surface area contributed by atoms with Crippen molar-refractivity contribution in [1.82, 2.24) is 14.8 Å². The lowest BCUT2D eigenvalue weighted by molar-refractivity contribution is 0.979. The number of thiophene rings is 1. The predicted molar refractivity (Wildman–Crippen MR) is 152 cm³/mol. The van der Waals surface area contributed by atoms with Gasteiger partial charge in [0.2, 0.25) is 0 Å². The third-order valence-corrected chi connectivity index (χ3v) is 8.20. The Labute approximate surface area is 210 Å². The van der Waals surface area contributed by atoms with Crippen LogP contribution in [-0.2, 0) is 0 Å². The molecule has 8 rings (SSSR count). The van der Waals surface area contributed by atoms with Gasteiger partial charge in [-0.15, -0.1) is 21.5 Å². The SMILES string of the molecule is c1ccc2cc3c(-n4c5ccccc5c5ccccc54)nnc(-c4cc5ccccc5s4)c3cc2c1. The summed E-state index contributed by atoms with van der Waals surface area (Å²) in [5.41, 5.74) is 3.20. The van der Waals surface area contributed by atoms with E-state index in [4.69, 9.17) is 10.2 Å². The molecule has 3 heterocycles. The molecule has 0 N–H and O–H groups in total. The van der Waals surface area contributed by atoms with Gasteiger partial charge in [0.05, 0.1) is 15.9 Å². The van der Waals surface area contributed by atoms with E-state index in [1.807, 2.05) is 0 Å². The molecule has 0 saturated carbocycles. The Kier molecular flexibility index (Phi) is 4.10. The van der Waals surface area contributed by atoms with Crippen LogP contribution in [0.3, 0.4) is 0 Å². The Morgan fingerprint density at radius 1 is 0.500 bits per heavy atom. The number of para-hydroxylation sites is 2. The van der Waals surface area contributed by atoms with E-state index in [1.165, 1.54) is 31.6 Å². The zero-order valence-electron chi connectivity index (χ0n) is 19.2. The van der Waals surface area contributed by atoms with Gasteiger partial charge in [0.25, 0.3) is 0 Å². The van der Waals surface area contributed by atoms with Crippen LogP contribution in [0.25, 0.3) is 69.8 Å². The summed E-state index contributed by atoms with van der Waals surface area (Å²) in [6, 6.07) is 40.9. The minimum atomic E-state index is 0.859. The summed E-state index contributed by atoms with van der Waals surface area (Å²) in [6.45, 7) is 0. The molecule has 0 radical (unpaired) electrons. The molecule has 0 saturated heterocycles. The highest BCUT2D eigenvalue weighted by Crippen LogP contribution is 2.40. The number of nitrogens with zero attached hydrogens (tertiary/aromatic N) is 3. The summed E-state index contributed by atoms with van der Waals surface area (Å²) in [5, 5.41) is 18.1. The number of hydrogen-bond donors (Lipinski definition) is 0. The van der Waals surface area contributed by atoms with Gasteiger partial charge in [-0.25, -0.2) is 0 Å². The Hall–Kier alpha value is -4.54. The maximum Gasteiger partial charge on any atom is 0.168 e. The van der Waals surface area contributed by atoms with Crippen molar-refractivity contribution >= 4 is 64.8 Å². The van der Waals surface area contributed by atoms with Gasteiger partial charge in [0, 0.05) is 26.2 Å². The van der Waals surface area contributed by atoms with Crippen LogP contribution in [0.15, 0.2) is 115 Å². The van der Waals surface area contributed by atoms with Crippen molar-refractivity contribution in [1.29, 1.82) is 0 Å². The fraction of sp³-hybridized carbons (Fsp3) is 0. The topological polar surface area (TPSA) is 30.7 Å². The van der Waals surface area contributed by atoms with Gasteiger partial charge in [-0.05, 0) is 52.6 Å². The summed E-state index contributed by atoms with van der Waals surface area (Å²) >= 11 is 1.77. The third kappa shape index (κ3) is 2.79. The lowest BCUT2D eigenvalue weighted by atomic mass is 10.0. The average Bonchev–Trinajstić information content (AvgIpc) is 3.51. The second-order valence-electron chi connectivity index (χ2n) is 9.14. The Bertz CT molecular complexity index is 2030. The first-order valence-electron chi connectivity index (χ1n) is 12.0. The molecule has 0 unspecified atom stereocenters. The van der Waals surface area contributed by atoms with Crippen LogP contribution in [-0.4, -0.2) is 14.8 Å².